The van der Waals surface area contributed by atoms with Crippen LogP contribution in [0.15, 0.2) is 48.5 Å². The second kappa shape index (κ2) is 11.7. The number of nitrogens with zero attached hydrogens (tertiary/aromatic N) is 6. The van der Waals surface area contributed by atoms with E-state index in [2.05, 4.69) is 35.8 Å². The Morgan fingerprint density at radius 2 is 1.91 bits per heavy atom. The van der Waals surface area contributed by atoms with Crippen LogP contribution in [-0.2, 0) is 14.4 Å². The molecular formula is C29H32F3N9O3S. The van der Waals surface area contributed by atoms with Gasteiger partial charge in [0.25, 0.3) is 5.91 Å². The predicted molar refractivity (Wildman–Crippen MR) is 159 cm³/mol. The molecule has 4 aliphatic heterocycles. The summed E-state index contributed by atoms with van der Waals surface area (Å²) in [5, 5.41) is 10.6. The van der Waals surface area contributed by atoms with Crippen LogP contribution >= 0.6 is 11.3 Å². The van der Waals surface area contributed by atoms with Gasteiger partial charge in [-0.2, -0.15) is 18.2 Å². The third-order valence-corrected chi connectivity index (χ3v) is 9.87. The fourth-order valence-corrected chi connectivity index (χ4v) is 7.63. The number of para-hydroxylation sites is 1. The fraction of sp³-hybridized carbons (Fsp3) is 0.483. The lowest BCUT2D eigenvalue weighted by atomic mass is 9.86. The average molecular weight is 644 g/mol. The van der Waals surface area contributed by atoms with E-state index in [1.165, 1.54) is 11.3 Å². The third-order valence-electron chi connectivity index (χ3n) is 8.81. The van der Waals surface area contributed by atoms with Gasteiger partial charge in [-0.15, -0.1) is 11.3 Å². The second-order valence-corrected chi connectivity index (χ2v) is 12.9. The van der Waals surface area contributed by atoms with Gasteiger partial charge in [0.1, 0.15) is 10.6 Å². The zero-order chi connectivity index (χ0) is 31.2. The van der Waals surface area contributed by atoms with Gasteiger partial charge >= 0.3 is 12.1 Å². The van der Waals surface area contributed by atoms with Crippen LogP contribution in [-0.4, -0.2) is 94.6 Å². The number of amides is 1. The second-order valence-electron chi connectivity index (χ2n) is 11.9. The van der Waals surface area contributed by atoms with Gasteiger partial charge in [-0.1, -0.05) is 12.1 Å². The van der Waals surface area contributed by atoms with Crippen LogP contribution < -0.4 is 20.9 Å². The van der Waals surface area contributed by atoms with Crippen LogP contribution in [0.1, 0.15) is 30.7 Å². The van der Waals surface area contributed by atoms with Gasteiger partial charge < -0.3 is 25.7 Å². The Morgan fingerprint density at radius 1 is 1.11 bits per heavy atom. The van der Waals surface area contributed by atoms with Gasteiger partial charge in [0.05, 0.1) is 10.2 Å². The minimum absolute atomic E-state index is 0.0132. The van der Waals surface area contributed by atoms with Crippen LogP contribution in [0.3, 0.4) is 0 Å². The highest BCUT2D eigenvalue weighted by Crippen LogP contribution is 2.42. The Hall–Kier alpha value is -4.02. The van der Waals surface area contributed by atoms with Crippen LogP contribution in [0.4, 0.5) is 19.1 Å². The number of hydrogen-bond donors (Lipinski definition) is 3. The molecule has 2 aromatic heterocycles. The highest BCUT2D eigenvalue weighted by Gasteiger charge is 2.52. The van der Waals surface area contributed by atoms with E-state index < -0.39 is 24.3 Å². The van der Waals surface area contributed by atoms with E-state index in [4.69, 9.17) is 4.84 Å². The van der Waals surface area contributed by atoms with Gasteiger partial charge in [0.2, 0.25) is 5.95 Å². The van der Waals surface area contributed by atoms with E-state index in [-0.39, 0.29) is 22.9 Å². The molecule has 2 unspecified atom stereocenters. The summed E-state index contributed by atoms with van der Waals surface area (Å²) in [6.07, 6.45) is 0.0191. The molecule has 1 aromatic carbocycles. The van der Waals surface area contributed by atoms with Crippen LogP contribution in [0.2, 0.25) is 0 Å². The predicted octanol–water partition coefficient (Wildman–Crippen LogP) is 2.43. The number of fused-ring (bicyclic) bond motifs is 1. The first kappa shape index (κ1) is 29.7. The summed E-state index contributed by atoms with van der Waals surface area (Å²) in [7, 11) is 0. The van der Waals surface area contributed by atoms with Crippen molar-refractivity contribution in [2.75, 3.05) is 44.2 Å². The van der Waals surface area contributed by atoms with Gasteiger partial charge in [-0.3, -0.25) is 9.69 Å². The van der Waals surface area contributed by atoms with E-state index in [1.807, 2.05) is 23.1 Å². The molecule has 3 aromatic rings. The number of nitrogens with one attached hydrogen (secondary N) is 3. The smallest absolute Gasteiger partial charge is 0.364 e. The van der Waals surface area contributed by atoms with Crippen molar-refractivity contribution in [1.82, 2.24) is 40.9 Å². The molecule has 6 heterocycles. The summed E-state index contributed by atoms with van der Waals surface area (Å²) in [4.78, 5) is 48.9. The maximum absolute atomic E-state index is 14.0. The van der Waals surface area contributed by atoms with Crippen molar-refractivity contribution in [2.45, 2.75) is 44.2 Å². The lowest BCUT2D eigenvalue weighted by Gasteiger charge is -2.43. The summed E-state index contributed by atoms with van der Waals surface area (Å²) in [5.41, 5.74) is 0.462. The Labute approximate surface area is 260 Å². The maximum Gasteiger partial charge on any atom is 0.493 e. The van der Waals surface area contributed by atoms with Gasteiger partial charge in [0, 0.05) is 56.6 Å². The number of piperidine rings is 1. The standard InChI is InChI=1S/C29H32F3N9O3S/c30-29(31,32)25(43)44-41-22(36-18-5-3-10-33-15-18)21(24-37-19-6-1-2-7-20(19)45-24)23(42)38-27(41)40-14-9-28(17-40)8-13-39(16-28)26-34-11-4-12-35-26/h1-2,4,6-7,11-12,18,27,33,36H,3,5,8-10,13-17H2,(H,38,42)/t18-,27?,28?/m1/s1. The number of alkyl halides is 3. The van der Waals surface area contributed by atoms with Crippen molar-refractivity contribution in [3.63, 3.8) is 0 Å². The molecule has 16 heteroatoms. The van der Waals surface area contributed by atoms with E-state index in [0.29, 0.717) is 49.1 Å². The number of carbonyl (C=O) groups excluding carboxylic acids is 2. The van der Waals surface area contributed by atoms with Crippen molar-refractivity contribution in [3.05, 3.63) is 53.6 Å². The molecule has 0 radical (unpaired) electrons. The zero-order valence-electron chi connectivity index (χ0n) is 24.2. The van der Waals surface area contributed by atoms with Gasteiger partial charge in [-0.25, -0.2) is 19.7 Å². The molecule has 3 N–H and O–H groups in total. The largest absolute Gasteiger partial charge is 0.493 e. The first-order chi connectivity index (χ1) is 21.7. The quantitative estimate of drug-likeness (QED) is 0.367. The van der Waals surface area contributed by atoms with Crippen molar-refractivity contribution < 1.29 is 27.6 Å². The number of benzene rings is 1. The molecule has 0 saturated carbocycles. The Bertz CT molecular complexity index is 1580. The third kappa shape index (κ3) is 5.89. The molecule has 3 atom stereocenters. The van der Waals surface area contributed by atoms with Crippen molar-refractivity contribution in [2.24, 2.45) is 5.41 Å². The molecule has 238 valence electrons. The molecule has 1 spiro atoms. The first-order valence-corrected chi connectivity index (χ1v) is 15.7. The summed E-state index contributed by atoms with van der Waals surface area (Å²) in [6.45, 7) is 3.62. The maximum atomic E-state index is 14.0. The number of anilines is 1. The van der Waals surface area contributed by atoms with E-state index >= 15 is 0 Å². The molecule has 4 aliphatic rings. The summed E-state index contributed by atoms with van der Waals surface area (Å²) >= 11 is 1.24. The highest BCUT2D eigenvalue weighted by atomic mass is 32.1. The van der Waals surface area contributed by atoms with Crippen molar-refractivity contribution in [1.29, 1.82) is 0 Å². The number of carbonyl (C=O) groups is 2. The Kier molecular flexibility index (Phi) is 7.73. The van der Waals surface area contributed by atoms with Crippen molar-refractivity contribution in [3.8, 4) is 0 Å². The number of thiazole rings is 1. The van der Waals surface area contributed by atoms with Crippen LogP contribution in [0.25, 0.3) is 15.8 Å². The number of rotatable bonds is 6. The molecule has 1 amide bonds. The summed E-state index contributed by atoms with van der Waals surface area (Å²) < 4.78 is 41.9. The molecular weight excluding hydrogens is 611 g/mol. The Balaban J connectivity index is 1.25. The van der Waals surface area contributed by atoms with Crippen molar-refractivity contribution >= 4 is 45.0 Å². The van der Waals surface area contributed by atoms with E-state index in [1.54, 1.807) is 24.5 Å². The minimum atomic E-state index is -5.26. The lowest BCUT2D eigenvalue weighted by Crippen LogP contribution is -2.64. The van der Waals surface area contributed by atoms with Crippen LogP contribution in [0.5, 0.6) is 0 Å². The average Bonchev–Trinajstić information content (AvgIpc) is 3.77. The monoisotopic (exact) mass is 643 g/mol. The minimum Gasteiger partial charge on any atom is -0.364 e. The summed E-state index contributed by atoms with van der Waals surface area (Å²) in [6, 6.07) is 8.84. The lowest BCUT2D eigenvalue weighted by molar-refractivity contribution is -0.252. The fourth-order valence-electron chi connectivity index (χ4n) is 6.62. The first-order valence-electron chi connectivity index (χ1n) is 14.9. The number of likely N-dealkylation sites (tertiary alicyclic amines) is 1. The molecule has 3 fully saturated rings. The molecule has 3 saturated heterocycles. The molecule has 0 bridgehead atoms. The van der Waals surface area contributed by atoms with Gasteiger partial charge in [-0.05, 0) is 50.4 Å². The topological polar surface area (TPSA) is 128 Å². The number of hydrogen-bond acceptors (Lipinski definition) is 12. The number of aromatic nitrogens is 3. The van der Waals surface area contributed by atoms with E-state index in [0.717, 1.165) is 42.1 Å². The summed E-state index contributed by atoms with van der Waals surface area (Å²) in [5.74, 6) is -2.29. The normalized spacial score (nSPS) is 26.2. The molecule has 0 aliphatic carbocycles. The van der Waals surface area contributed by atoms with E-state index in [9.17, 15) is 22.8 Å². The highest BCUT2D eigenvalue weighted by molar-refractivity contribution is 7.19. The molecule has 7 rings (SSSR count). The molecule has 12 nitrogen and oxygen atoms in total. The SMILES string of the molecule is O=C1NC(N2CCC3(CCN(c4ncccn4)C3)C2)N(OC(=O)C(F)(F)F)C(N[C@@H]2CCCNC2)=C1c1nc2ccccc2s1. The van der Waals surface area contributed by atoms with Crippen LogP contribution in [0, 0.1) is 5.41 Å². The number of halogens is 3. The zero-order valence-corrected chi connectivity index (χ0v) is 25.0. The Morgan fingerprint density at radius 3 is 2.67 bits per heavy atom. The van der Waals surface area contributed by atoms with Gasteiger partial charge in [0.15, 0.2) is 12.1 Å². The number of hydroxylamine groups is 2. The molecule has 45 heavy (non-hydrogen) atoms.